The van der Waals surface area contributed by atoms with Crippen molar-refractivity contribution >= 4 is 57.2 Å². The molecule has 0 aliphatic rings. The number of nitrogens with zero attached hydrogens (tertiary/aromatic N) is 1. The number of halogens is 3. The number of hydrogen-bond acceptors (Lipinski definition) is 2. The van der Waals surface area contributed by atoms with Crippen LogP contribution >= 0.6 is 35.6 Å². The molecule has 0 aliphatic heterocycles. The molecule has 3 rings (SSSR count). The van der Waals surface area contributed by atoms with Crippen LogP contribution in [0.3, 0.4) is 0 Å². The summed E-state index contributed by atoms with van der Waals surface area (Å²) in [6.45, 7) is 7.05. The maximum absolute atomic E-state index is 11.3. The zero-order chi connectivity index (χ0) is 20.1. The fourth-order valence-electron chi connectivity index (χ4n) is 3.88. The number of benzene rings is 3. The molecule has 0 heterocycles. The summed E-state index contributed by atoms with van der Waals surface area (Å²) in [6, 6.07) is 13.8. The molecule has 1 N–H and O–H groups in total. The maximum Gasteiger partial charge on any atom is 0.0928 e. The van der Waals surface area contributed by atoms with Gasteiger partial charge in [0, 0.05) is 27.4 Å². The molecule has 1 atom stereocenters. The Morgan fingerprint density at radius 1 is 0.828 bits per heavy atom. The fourth-order valence-corrected chi connectivity index (χ4v) is 4.34. The van der Waals surface area contributed by atoms with Gasteiger partial charge in [0.25, 0.3) is 0 Å². The van der Waals surface area contributed by atoms with Gasteiger partial charge in [0.2, 0.25) is 0 Å². The molecule has 0 saturated heterocycles. The Hall–Kier alpha value is -1.03. The van der Waals surface area contributed by atoms with Gasteiger partial charge in [0.1, 0.15) is 0 Å². The standard InChI is InChI=1S/C24H29Cl2NO.ClH/c1-3-5-13-27(14-6-4-2)16-23(28)24-17-9-7-11-21(25)19(17)15-20-18(24)10-8-12-22(20)26;/h7-12,15,23,28H,3-6,13-14,16H2,1-2H3;1H. The van der Waals surface area contributed by atoms with E-state index in [1.807, 2.05) is 42.5 Å². The Balaban J connectivity index is 0.00000300. The third-order valence-electron chi connectivity index (χ3n) is 5.40. The lowest BCUT2D eigenvalue weighted by atomic mass is 9.93. The minimum absolute atomic E-state index is 0. The molecule has 0 aromatic heterocycles. The first-order valence-corrected chi connectivity index (χ1v) is 11.0. The van der Waals surface area contributed by atoms with Crippen molar-refractivity contribution in [2.75, 3.05) is 19.6 Å². The van der Waals surface area contributed by atoms with Gasteiger partial charge in [-0.15, -0.1) is 12.4 Å². The van der Waals surface area contributed by atoms with E-state index in [0.717, 1.165) is 65.9 Å². The van der Waals surface area contributed by atoms with E-state index in [0.29, 0.717) is 16.6 Å². The molecule has 0 saturated carbocycles. The highest BCUT2D eigenvalue weighted by Gasteiger charge is 2.20. The first kappa shape index (κ1) is 24.2. The average Bonchev–Trinajstić information content (AvgIpc) is 2.69. The van der Waals surface area contributed by atoms with Crippen LogP contribution < -0.4 is 0 Å². The number of hydrogen-bond donors (Lipinski definition) is 1. The number of fused-ring (bicyclic) bond motifs is 2. The predicted octanol–water partition coefficient (Wildman–Crippen LogP) is 7.66. The quantitative estimate of drug-likeness (QED) is 0.335. The number of unbranched alkanes of at least 4 members (excludes halogenated alkanes) is 2. The molecule has 29 heavy (non-hydrogen) atoms. The van der Waals surface area contributed by atoms with Gasteiger partial charge in [-0.05, 0) is 60.5 Å². The molecule has 0 radical (unpaired) electrons. The highest BCUT2D eigenvalue weighted by Crippen LogP contribution is 2.38. The van der Waals surface area contributed by atoms with Crippen LogP contribution in [0, 0.1) is 0 Å². The summed E-state index contributed by atoms with van der Waals surface area (Å²) in [5, 5.41) is 16.6. The Kier molecular flexibility index (Phi) is 9.52. The largest absolute Gasteiger partial charge is 0.387 e. The van der Waals surface area contributed by atoms with Gasteiger partial charge in [-0.2, -0.15) is 0 Å². The van der Waals surface area contributed by atoms with Crippen LogP contribution in [0.2, 0.25) is 10.0 Å². The number of aliphatic hydroxyl groups is 1. The van der Waals surface area contributed by atoms with Crippen LogP contribution in [0.15, 0.2) is 42.5 Å². The summed E-state index contributed by atoms with van der Waals surface area (Å²) in [4.78, 5) is 2.39. The molecule has 158 valence electrons. The van der Waals surface area contributed by atoms with E-state index < -0.39 is 6.10 Å². The van der Waals surface area contributed by atoms with Crippen LogP contribution in [-0.2, 0) is 0 Å². The molecule has 3 aromatic carbocycles. The van der Waals surface area contributed by atoms with Crippen molar-refractivity contribution in [3.63, 3.8) is 0 Å². The highest BCUT2D eigenvalue weighted by atomic mass is 35.5. The Bertz CT molecular complexity index is 876. The van der Waals surface area contributed by atoms with Crippen LogP contribution in [0.1, 0.15) is 51.2 Å². The summed E-state index contributed by atoms with van der Waals surface area (Å²) in [6.07, 6.45) is 3.99. The molecule has 0 fully saturated rings. The lowest BCUT2D eigenvalue weighted by Gasteiger charge is -2.26. The fraction of sp³-hybridized carbons (Fsp3) is 0.417. The molecule has 5 heteroatoms. The Labute approximate surface area is 190 Å². The van der Waals surface area contributed by atoms with Gasteiger partial charge in [0.05, 0.1) is 6.10 Å². The van der Waals surface area contributed by atoms with Crippen LogP contribution in [0.5, 0.6) is 0 Å². The van der Waals surface area contributed by atoms with Crippen molar-refractivity contribution < 1.29 is 5.11 Å². The van der Waals surface area contributed by atoms with Crippen molar-refractivity contribution in [2.45, 2.75) is 45.6 Å². The van der Waals surface area contributed by atoms with Crippen LogP contribution in [-0.4, -0.2) is 29.6 Å². The van der Waals surface area contributed by atoms with Crippen molar-refractivity contribution in [2.24, 2.45) is 0 Å². The van der Waals surface area contributed by atoms with Gasteiger partial charge in [0.15, 0.2) is 0 Å². The lowest BCUT2D eigenvalue weighted by Crippen LogP contribution is -2.31. The number of rotatable bonds is 9. The first-order valence-electron chi connectivity index (χ1n) is 10.3. The Morgan fingerprint density at radius 2 is 1.31 bits per heavy atom. The smallest absolute Gasteiger partial charge is 0.0928 e. The van der Waals surface area contributed by atoms with E-state index in [-0.39, 0.29) is 12.4 Å². The van der Waals surface area contributed by atoms with Gasteiger partial charge < -0.3 is 10.0 Å². The second-order valence-corrected chi connectivity index (χ2v) is 8.30. The van der Waals surface area contributed by atoms with Crippen molar-refractivity contribution in [1.82, 2.24) is 4.90 Å². The topological polar surface area (TPSA) is 23.5 Å². The predicted molar refractivity (Wildman–Crippen MR) is 130 cm³/mol. The molecule has 1 unspecified atom stereocenters. The van der Waals surface area contributed by atoms with E-state index in [4.69, 9.17) is 23.2 Å². The highest BCUT2D eigenvalue weighted by molar-refractivity contribution is 6.38. The monoisotopic (exact) mass is 453 g/mol. The van der Waals surface area contributed by atoms with Gasteiger partial charge >= 0.3 is 0 Å². The minimum Gasteiger partial charge on any atom is -0.387 e. The first-order chi connectivity index (χ1) is 13.6. The van der Waals surface area contributed by atoms with E-state index in [1.165, 1.54) is 0 Å². The summed E-state index contributed by atoms with van der Waals surface area (Å²) < 4.78 is 0. The molecule has 0 bridgehead atoms. The normalized spacial score (nSPS) is 12.5. The molecule has 2 nitrogen and oxygen atoms in total. The summed E-state index contributed by atoms with van der Waals surface area (Å²) in [5.41, 5.74) is 0.926. The molecular formula is C24H30Cl3NO. The lowest BCUT2D eigenvalue weighted by molar-refractivity contribution is 0.113. The molecule has 0 aliphatic carbocycles. The van der Waals surface area contributed by atoms with E-state index in [9.17, 15) is 5.11 Å². The van der Waals surface area contributed by atoms with Crippen molar-refractivity contribution in [3.05, 3.63) is 58.1 Å². The summed E-state index contributed by atoms with van der Waals surface area (Å²) in [5.74, 6) is 0. The second kappa shape index (κ2) is 11.4. The van der Waals surface area contributed by atoms with E-state index in [1.54, 1.807) is 0 Å². The van der Waals surface area contributed by atoms with Crippen molar-refractivity contribution in [3.8, 4) is 0 Å². The molecule has 0 amide bonds. The second-order valence-electron chi connectivity index (χ2n) is 7.48. The SMILES string of the molecule is CCCCN(CCCC)CC(O)c1c2cccc(Cl)c2cc2c(Cl)cccc12.Cl. The maximum atomic E-state index is 11.3. The van der Waals surface area contributed by atoms with Crippen molar-refractivity contribution in [1.29, 1.82) is 0 Å². The van der Waals surface area contributed by atoms with Gasteiger partial charge in [-0.25, -0.2) is 0 Å². The van der Waals surface area contributed by atoms with E-state index >= 15 is 0 Å². The molecular weight excluding hydrogens is 425 g/mol. The van der Waals surface area contributed by atoms with Gasteiger partial charge in [-0.3, -0.25) is 0 Å². The molecule has 0 spiro atoms. The average molecular weight is 455 g/mol. The molecule has 3 aromatic rings. The number of aliphatic hydroxyl groups excluding tert-OH is 1. The third-order valence-corrected chi connectivity index (χ3v) is 6.05. The zero-order valence-electron chi connectivity index (χ0n) is 17.1. The third kappa shape index (κ3) is 5.57. The van der Waals surface area contributed by atoms with E-state index in [2.05, 4.69) is 18.7 Å². The van der Waals surface area contributed by atoms with Gasteiger partial charge in [-0.1, -0.05) is 74.2 Å². The minimum atomic E-state index is -0.600. The summed E-state index contributed by atoms with van der Waals surface area (Å²) >= 11 is 13.0. The Morgan fingerprint density at radius 3 is 1.76 bits per heavy atom. The zero-order valence-corrected chi connectivity index (χ0v) is 19.5. The van der Waals surface area contributed by atoms with Crippen LogP contribution in [0.25, 0.3) is 21.5 Å². The van der Waals surface area contributed by atoms with Crippen LogP contribution in [0.4, 0.5) is 0 Å². The summed E-state index contributed by atoms with van der Waals surface area (Å²) in [7, 11) is 0.